The van der Waals surface area contributed by atoms with Gasteiger partial charge < -0.3 is 5.11 Å². The molecule has 1 fully saturated rings. The van der Waals surface area contributed by atoms with Crippen LogP contribution in [-0.4, -0.2) is 26.0 Å². The zero-order chi connectivity index (χ0) is 9.26. The molecular weight excluding hydrogens is 170 g/mol. The number of aliphatic hydroxyl groups excluding tert-OH is 1. The molecule has 1 aromatic heterocycles. The monoisotopic (exact) mass is 183 g/mol. The first-order chi connectivity index (χ1) is 6.27. The summed E-state index contributed by atoms with van der Waals surface area (Å²) < 4.78 is 1.62. The van der Waals surface area contributed by atoms with E-state index in [2.05, 4.69) is 10.2 Å². The summed E-state index contributed by atoms with van der Waals surface area (Å²) in [6.07, 6.45) is 4.63. The number of rotatable bonds is 1. The van der Waals surface area contributed by atoms with Gasteiger partial charge in [0.05, 0.1) is 6.10 Å². The Morgan fingerprint density at radius 2 is 2.15 bits per heavy atom. The molecule has 0 amide bonds. The number of aromatic amines is 1. The normalized spacial score (nSPS) is 29.0. The van der Waals surface area contributed by atoms with Crippen molar-refractivity contribution in [3.05, 3.63) is 16.8 Å². The molecule has 0 aliphatic heterocycles. The third-order valence-electron chi connectivity index (χ3n) is 2.64. The number of nitrogens with one attached hydrogen (secondary N) is 1. The zero-order valence-corrected chi connectivity index (χ0v) is 7.31. The van der Waals surface area contributed by atoms with Crippen LogP contribution >= 0.6 is 0 Å². The first kappa shape index (κ1) is 8.50. The molecule has 5 heteroatoms. The summed E-state index contributed by atoms with van der Waals surface area (Å²) in [4.78, 5) is 11.2. The molecule has 0 atom stereocenters. The van der Waals surface area contributed by atoms with Crippen LogP contribution < -0.4 is 5.69 Å². The molecule has 13 heavy (non-hydrogen) atoms. The van der Waals surface area contributed by atoms with Gasteiger partial charge in [-0.3, -0.25) is 4.57 Å². The molecule has 0 unspecified atom stereocenters. The van der Waals surface area contributed by atoms with Crippen LogP contribution in [-0.2, 0) is 0 Å². The fourth-order valence-corrected chi connectivity index (χ4v) is 1.85. The molecule has 1 heterocycles. The molecule has 2 N–H and O–H groups in total. The lowest BCUT2D eigenvalue weighted by atomic mass is 9.93. The van der Waals surface area contributed by atoms with E-state index < -0.39 is 0 Å². The second-order valence-corrected chi connectivity index (χ2v) is 3.53. The van der Waals surface area contributed by atoms with E-state index in [1.165, 1.54) is 6.33 Å². The first-order valence-electron chi connectivity index (χ1n) is 4.57. The van der Waals surface area contributed by atoms with Gasteiger partial charge in [0.1, 0.15) is 6.33 Å². The van der Waals surface area contributed by atoms with Crippen molar-refractivity contribution < 1.29 is 5.11 Å². The Labute approximate surface area is 75.4 Å². The molecule has 0 aromatic carbocycles. The molecule has 0 saturated heterocycles. The molecule has 5 nitrogen and oxygen atoms in total. The fraction of sp³-hybridized carbons (Fsp3) is 0.750. The SMILES string of the molecule is O=c1[nH]ncn1C1CCC(O)CC1. The highest BCUT2D eigenvalue weighted by atomic mass is 16.3. The van der Waals surface area contributed by atoms with Crippen LogP contribution in [0.1, 0.15) is 31.7 Å². The van der Waals surface area contributed by atoms with Gasteiger partial charge in [-0.15, -0.1) is 0 Å². The van der Waals surface area contributed by atoms with Gasteiger partial charge in [-0.05, 0) is 25.7 Å². The number of hydrogen-bond acceptors (Lipinski definition) is 3. The average Bonchev–Trinajstić information content (AvgIpc) is 2.53. The van der Waals surface area contributed by atoms with Crippen LogP contribution in [0.15, 0.2) is 11.1 Å². The summed E-state index contributed by atoms with van der Waals surface area (Å²) in [5, 5.41) is 15.3. The van der Waals surface area contributed by atoms with E-state index in [0.29, 0.717) is 0 Å². The molecule has 1 aliphatic rings. The fourth-order valence-electron chi connectivity index (χ4n) is 1.85. The maximum Gasteiger partial charge on any atom is 0.343 e. The van der Waals surface area contributed by atoms with Crippen molar-refractivity contribution in [1.29, 1.82) is 0 Å². The largest absolute Gasteiger partial charge is 0.393 e. The Morgan fingerprint density at radius 1 is 1.46 bits per heavy atom. The minimum absolute atomic E-state index is 0.151. The lowest BCUT2D eigenvalue weighted by Gasteiger charge is -2.25. The summed E-state index contributed by atoms with van der Waals surface area (Å²) in [5.41, 5.74) is -0.151. The summed E-state index contributed by atoms with van der Waals surface area (Å²) in [6.45, 7) is 0. The van der Waals surface area contributed by atoms with Gasteiger partial charge in [0, 0.05) is 6.04 Å². The van der Waals surface area contributed by atoms with Gasteiger partial charge in [0.25, 0.3) is 0 Å². The summed E-state index contributed by atoms with van der Waals surface area (Å²) in [7, 11) is 0. The van der Waals surface area contributed by atoms with Crippen LogP contribution in [0.3, 0.4) is 0 Å². The van der Waals surface area contributed by atoms with Crippen LogP contribution in [0, 0.1) is 0 Å². The average molecular weight is 183 g/mol. The highest BCUT2D eigenvalue weighted by molar-refractivity contribution is 4.79. The van der Waals surface area contributed by atoms with Crippen molar-refractivity contribution in [3.63, 3.8) is 0 Å². The zero-order valence-electron chi connectivity index (χ0n) is 7.31. The van der Waals surface area contributed by atoms with Crippen molar-refractivity contribution in [1.82, 2.24) is 14.8 Å². The predicted octanol–water partition coefficient (Wildman–Crippen LogP) is 0.0474. The smallest absolute Gasteiger partial charge is 0.343 e. The van der Waals surface area contributed by atoms with Crippen molar-refractivity contribution in [2.75, 3.05) is 0 Å². The quantitative estimate of drug-likeness (QED) is 0.646. The number of hydrogen-bond donors (Lipinski definition) is 2. The number of aliphatic hydroxyl groups is 1. The van der Waals surface area contributed by atoms with E-state index in [1.54, 1.807) is 4.57 Å². The van der Waals surface area contributed by atoms with Crippen LogP contribution in [0.4, 0.5) is 0 Å². The predicted molar refractivity (Wildman–Crippen MR) is 46.4 cm³/mol. The van der Waals surface area contributed by atoms with Crippen LogP contribution in [0.25, 0.3) is 0 Å². The number of nitrogens with zero attached hydrogens (tertiary/aromatic N) is 2. The maximum atomic E-state index is 11.2. The van der Waals surface area contributed by atoms with Gasteiger partial charge in [-0.25, -0.2) is 9.89 Å². The van der Waals surface area contributed by atoms with Gasteiger partial charge in [-0.1, -0.05) is 0 Å². The van der Waals surface area contributed by atoms with Gasteiger partial charge in [0.2, 0.25) is 0 Å². The number of aromatic nitrogens is 3. The molecule has 0 bridgehead atoms. The lowest BCUT2D eigenvalue weighted by molar-refractivity contribution is 0.110. The third kappa shape index (κ3) is 1.65. The Kier molecular flexibility index (Phi) is 2.18. The Morgan fingerprint density at radius 3 is 2.69 bits per heavy atom. The molecule has 2 rings (SSSR count). The molecule has 1 saturated carbocycles. The molecule has 0 spiro atoms. The van der Waals surface area contributed by atoms with Gasteiger partial charge >= 0.3 is 5.69 Å². The second-order valence-electron chi connectivity index (χ2n) is 3.53. The van der Waals surface area contributed by atoms with Crippen LogP contribution in [0.2, 0.25) is 0 Å². The molecule has 1 aliphatic carbocycles. The van der Waals surface area contributed by atoms with Gasteiger partial charge in [-0.2, -0.15) is 5.10 Å². The Hall–Kier alpha value is -1.10. The highest BCUT2D eigenvalue weighted by Crippen LogP contribution is 2.26. The van der Waals surface area contributed by atoms with E-state index in [0.717, 1.165) is 25.7 Å². The first-order valence-corrected chi connectivity index (χ1v) is 4.57. The Balaban J connectivity index is 2.11. The van der Waals surface area contributed by atoms with Crippen molar-refractivity contribution in [3.8, 4) is 0 Å². The minimum Gasteiger partial charge on any atom is -0.393 e. The second kappa shape index (κ2) is 3.33. The molecular formula is C8H13N3O2. The maximum absolute atomic E-state index is 11.2. The van der Waals surface area contributed by atoms with Crippen LogP contribution in [0.5, 0.6) is 0 Å². The summed E-state index contributed by atoms with van der Waals surface area (Å²) >= 11 is 0. The van der Waals surface area contributed by atoms with E-state index in [9.17, 15) is 9.90 Å². The molecule has 1 aromatic rings. The molecule has 0 radical (unpaired) electrons. The highest BCUT2D eigenvalue weighted by Gasteiger charge is 2.21. The lowest BCUT2D eigenvalue weighted by Crippen LogP contribution is -2.27. The van der Waals surface area contributed by atoms with Crippen molar-refractivity contribution in [2.24, 2.45) is 0 Å². The minimum atomic E-state index is -0.182. The van der Waals surface area contributed by atoms with E-state index in [-0.39, 0.29) is 17.8 Å². The molecule has 72 valence electrons. The number of H-pyrrole nitrogens is 1. The van der Waals surface area contributed by atoms with Crippen molar-refractivity contribution in [2.45, 2.75) is 37.8 Å². The summed E-state index contributed by atoms with van der Waals surface area (Å²) in [5.74, 6) is 0. The summed E-state index contributed by atoms with van der Waals surface area (Å²) in [6, 6.07) is 0.217. The van der Waals surface area contributed by atoms with E-state index in [1.807, 2.05) is 0 Å². The standard InChI is InChI=1S/C8H13N3O2/c12-7-3-1-6(2-4-7)11-5-9-10-8(11)13/h5-7,12H,1-4H2,(H,10,13). The van der Waals surface area contributed by atoms with Crippen molar-refractivity contribution >= 4 is 0 Å². The Bertz CT molecular complexity index is 322. The van der Waals surface area contributed by atoms with E-state index in [4.69, 9.17) is 0 Å². The third-order valence-corrected chi connectivity index (χ3v) is 2.64. The topological polar surface area (TPSA) is 70.9 Å². The van der Waals surface area contributed by atoms with Gasteiger partial charge in [0.15, 0.2) is 0 Å². The van der Waals surface area contributed by atoms with E-state index >= 15 is 0 Å².